The molecule has 1 rings (SSSR count). The molecular weight excluding hydrogens is 160 g/mol. The van der Waals surface area contributed by atoms with E-state index >= 15 is 0 Å². The molecule has 0 aliphatic rings. The lowest BCUT2D eigenvalue weighted by Gasteiger charge is -2.23. The molecule has 72 valence electrons. The maximum absolute atomic E-state index is 4.31. The molecule has 0 bridgehead atoms. The first kappa shape index (κ1) is 10.2. The molecule has 0 aromatic carbocycles. The van der Waals surface area contributed by atoms with Gasteiger partial charge in [-0.3, -0.25) is 0 Å². The largest absolute Gasteiger partial charge is 0.241 e. The van der Waals surface area contributed by atoms with Crippen molar-refractivity contribution in [2.75, 3.05) is 0 Å². The second kappa shape index (κ2) is 3.44. The van der Waals surface area contributed by atoms with E-state index < -0.39 is 0 Å². The van der Waals surface area contributed by atoms with Crippen molar-refractivity contribution in [1.29, 1.82) is 0 Å². The number of nitrogens with zero attached hydrogens (tertiary/aromatic N) is 2. The Morgan fingerprint density at radius 1 is 1.23 bits per heavy atom. The fourth-order valence-electron chi connectivity index (χ4n) is 1.77. The van der Waals surface area contributed by atoms with E-state index in [1.165, 1.54) is 11.3 Å². The molecule has 1 aromatic heterocycles. The van der Waals surface area contributed by atoms with E-state index in [4.69, 9.17) is 0 Å². The summed E-state index contributed by atoms with van der Waals surface area (Å²) in [6.07, 6.45) is 2.64. The molecule has 0 aliphatic heterocycles. The van der Waals surface area contributed by atoms with Crippen molar-refractivity contribution in [3.8, 4) is 0 Å². The Balaban J connectivity index is 3.32. The molecule has 0 N–H and O–H groups in total. The molecule has 0 saturated heterocycles. The van der Waals surface area contributed by atoms with Crippen LogP contribution in [0.1, 0.15) is 44.6 Å². The minimum absolute atomic E-state index is 0.149. The van der Waals surface area contributed by atoms with Gasteiger partial charge in [0.15, 0.2) is 0 Å². The van der Waals surface area contributed by atoms with Gasteiger partial charge in [0.25, 0.3) is 0 Å². The van der Waals surface area contributed by atoms with Crippen molar-refractivity contribution in [2.45, 2.75) is 46.5 Å². The van der Waals surface area contributed by atoms with Crippen molar-refractivity contribution in [2.24, 2.45) is 0 Å². The Kier molecular flexibility index (Phi) is 2.69. The van der Waals surface area contributed by atoms with Crippen LogP contribution >= 0.6 is 0 Å². The van der Waals surface area contributed by atoms with Crippen molar-refractivity contribution < 1.29 is 0 Å². The van der Waals surface area contributed by atoms with Crippen LogP contribution in [-0.4, -0.2) is 9.97 Å². The zero-order valence-electron chi connectivity index (χ0n) is 9.18. The molecule has 13 heavy (non-hydrogen) atoms. The van der Waals surface area contributed by atoms with Gasteiger partial charge in [-0.25, -0.2) is 9.97 Å². The van der Waals surface area contributed by atoms with Gasteiger partial charge in [0, 0.05) is 17.0 Å². The van der Waals surface area contributed by atoms with Crippen molar-refractivity contribution in [1.82, 2.24) is 9.97 Å². The predicted octanol–water partition coefficient (Wildman–Crippen LogP) is 2.64. The van der Waals surface area contributed by atoms with Crippen LogP contribution in [0, 0.1) is 6.92 Å². The summed E-state index contributed by atoms with van der Waals surface area (Å²) >= 11 is 0. The summed E-state index contributed by atoms with van der Waals surface area (Å²) in [4.78, 5) is 8.56. The monoisotopic (exact) mass is 178 g/mol. The Morgan fingerprint density at radius 3 is 2.23 bits per heavy atom. The number of aromatic nitrogens is 2. The first-order valence-electron chi connectivity index (χ1n) is 4.77. The number of hydrogen-bond donors (Lipinski definition) is 0. The van der Waals surface area contributed by atoms with Crippen LogP contribution in [0.5, 0.6) is 0 Å². The van der Waals surface area contributed by atoms with E-state index in [2.05, 4.69) is 44.6 Å². The smallest absolute Gasteiger partial charge is 0.115 e. The highest BCUT2D eigenvalue weighted by atomic mass is 14.8. The van der Waals surface area contributed by atoms with E-state index in [1.807, 2.05) is 0 Å². The first-order valence-corrected chi connectivity index (χ1v) is 4.77. The SMILES string of the molecule is CCc1ncnc(C)c1C(C)(C)C. The Hall–Kier alpha value is -0.920. The molecule has 1 aromatic rings. The molecular formula is C11H18N2. The Morgan fingerprint density at radius 2 is 1.85 bits per heavy atom. The van der Waals surface area contributed by atoms with Crippen LogP contribution in [-0.2, 0) is 11.8 Å². The molecule has 0 fully saturated rings. The second-order valence-electron chi connectivity index (χ2n) is 4.38. The third kappa shape index (κ3) is 2.06. The van der Waals surface area contributed by atoms with Gasteiger partial charge in [-0.05, 0) is 18.8 Å². The lowest BCUT2D eigenvalue weighted by atomic mass is 9.84. The lowest BCUT2D eigenvalue weighted by molar-refractivity contribution is 0.569. The fraction of sp³-hybridized carbons (Fsp3) is 0.636. The summed E-state index contributed by atoms with van der Waals surface area (Å²) < 4.78 is 0. The average molecular weight is 178 g/mol. The highest BCUT2D eigenvalue weighted by Crippen LogP contribution is 2.26. The highest BCUT2D eigenvalue weighted by Gasteiger charge is 2.20. The number of rotatable bonds is 1. The van der Waals surface area contributed by atoms with Gasteiger partial charge in [0.2, 0.25) is 0 Å². The van der Waals surface area contributed by atoms with E-state index in [9.17, 15) is 0 Å². The molecule has 0 saturated carbocycles. The Bertz CT molecular complexity index is 297. The number of hydrogen-bond acceptors (Lipinski definition) is 2. The zero-order chi connectivity index (χ0) is 10.1. The van der Waals surface area contributed by atoms with Gasteiger partial charge in [0.05, 0.1) is 0 Å². The van der Waals surface area contributed by atoms with Crippen LogP contribution in [0.2, 0.25) is 0 Å². The van der Waals surface area contributed by atoms with E-state index in [0.29, 0.717) is 0 Å². The zero-order valence-corrected chi connectivity index (χ0v) is 9.18. The van der Waals surface area contributed by atoms with E-state index in [0.717, 1.165) is 12.1 Å². The minimum Gasteiger partial charge on any atom is -0.241 e. The van der Waals surface area contributed by atoms with Gasteiger partial charge in [0.1, 0.15) is 6.33 Å². The number of aryl methyl sites for hydroxylation is 2. The molecule has 0 unspecified atom stereocenters. The third-order valence-electron chi connectivity index (χ3n) is 2.20. The molecule has 0 atom stereocenters. The molecule has 0 aliphatic carbocycles. The maximum Gasteiger partial charge on any atom is 0.115 e. The van der Waals surface area contributed by atoms with Gasteiger partial charge >= 0.3 is 0 Å². The Labute approximate surface area is 80.4 Å². The second-order valence-corrected chi connectivity index (χ2v) is 4.38. The fourth-order valence-corrected chi connectivity index (χ4v) is 1.77. The standard InChI is InChI=1S/C11H18N2/c1-6-9-10(11(3,4)5)8(2)12-7-13-9/h7H,6H2,1-5H3. The summed E-state index contributed by atoms with van der Waals surface area (Å²) in [5.41, 5.74) is 3.74. The molecule has 2 nitrogen and oxygen atoms in total. The van der Waals surface area contributed by atoms with Crippen LogP contribution < -0.4 is 0 Å². The topological polar surface area (TPSA) is 25.8 Å². The van der Waals surface area contributed by atoms with Crippen LogP contribution in [0.3, 0.4) is 0 Å². The van der Waals surface area contributed by atoms with Crippen molar-refractivity contribution in [3.63, 3.8) is 0 Å². The maximum atomic E-state index is 4.31. The molecule has 0 radical (unpaired) electrons. The highest BCUT2D eigenvalue weighted by molar-refractivity contribution is 5.30. The minimum atomic E-state index is 0.149. The lowest BCUT2D eigenvalue weighted by Crippen LogP contribution is -2.18. The summed E-state index contributed by atoms with van der Waals surface area (Å²) in [5.74, 6) is 0. The van der Waals surface area contributed by atoms with Gasteiger partial charge in [-0.15, -0.1) is 0 Å². The van der Waals surface area contributed by atoms with Gasteiger partial charge in [-0.2, -0.15) is 0 Å². The van der Waals surface area contributed by atoms with Crippen molar-refractivity contribution >= 4 is 0 Å². The molecule has 0 spiro atoms. The van der Waals surface area contributed by atoms with E-state index in [1.54, 1.807) is 6.33 Å². The van der Waals surface area contributed by atoms with Gasteiger partial charge < -0.3 is 0 Å². The molecule has 2 heteroatoms. The van der Waals surface area contributed by atoms with E-state index in [-0.39, 0.29) is 5.41 Å². The third-order valence-corrected chi connectivity index (χ3v) is 2.20. The normalized spacial score (nSPS) is 11.8. The van der Waals surface area contributed by atoms with Crippen LogP contribution in [0.25, 0.3) is 0 Å². The first-order chi connectivity index (χ1) is 5.96. The summed E-state index contributed by atoms with van der Waals surface area (Å²) in [5, 5.41) is 0. The summed E-state index contributed by atoms with van der Waals surface area (Å²) in [6, 6.07) is 0. The average Bonchev–Trinajstić information content (AvgIpc) is 2.01. The van der Waals surface area contributed by atoms with Crippen LogP contribution in [0.15, 0.2) is 6.33 Å². The quantitative estimate of drug-likeness (QED) is 0.660. The summed E-state index contributed by atoms with van der Waals surface area (Å²) in [6.45, 7) is 10.8. The van der Waals surface area contributed by atoms with Gasteiger partial charge in [-0.1, -0.05) is 27.7 Å². The summed E-state index contributed by atoms with van der Waals surface area (Å²) in [7, 11) is 0. The van der Waals surface area contributed by atoms with Crippen LogP contribution in [0.4, 0.5) is 0 Å². The predicted molar refractivity (Wildman–Crippen MR) is 54.8 cm³/mol. The molecule has 1 heterocycles. The van der Waals surface area contributed by atoms with Crippen molar-refractivity contribution in [3.05, 3.63) is 23.3 Å². The molecule has 0 amide bonds.